The molecule has 13 heavy (non-hydrogen) atoms. The van der Waals surface area contributed by atoms with Gasteiger partial charge in [-0.15, -0.1) is 0 Å². The van der Waals surface area contributed by atoms with Crippen LogP contribution in [0.1, 0.15) is 46.0 Å². The zero-order chi connectivity index (χ0) is 9.53. The number of rotatable bonds is 0. The first-order valence-electron chi connectivity index (χ1n) is 5.41. The first-order valence-corrected chi connectivity index (χ1v) is 5.41. The molecule has 1 atom stereocenters. The summed E-state index contributed by atoms with van der Waals surface area (Å²) >= 11 is 0. The molecule has 1 saturated carbocycles. The Morgan fingerprint density at radius 3 is 2.54 bits per heavy atom. The van der Waals surface area contributed by atoms with Crippen LogP contribution in [0.15, 0.2) is 12.2 Å². The molecule has 1 heterocycles. The summed E-state index contributed by atoms with van der Waals surface area (Å²) in [6.07, 6.45) is 6.15. The van der Waals surface area contributed by atoms with Crippen molar-refractivity contribution in [2.24, 2.45) is 5.41 Å². The predicted octanol–water partition coefficient (Wildman–Crippen LogP) is 3.30. The van der Waals surface area contributed by atoms with Gasteiger partial charge in [0.1, 0.15) is 0 Å². The first-order chi connectivity index (χ1) is 6.08. The van der Waals surface area contributed by atoms with E-state index >= 15 is 0 Å². The largest absolute Gasteiger partial charge is 0.370 e. The van der Waals surface area contributed by atoms with Gasteiger partial charge in [-0.05, 0) is 43.1 Å². The second-order valence-electron chi connectivity index (χ2n) is 5.12. The average molecular weight is 180 g/mol. The van der Waals surface area contributed by atoms with Gasteiger partial charge in [-0.25, -0.2) is 0 Å². The van der Waals surface area contributed by atoms with Crippen LogP contribution in [-0.4, -0.2) is 12.2 Å². The molecule has 0 aromatic rings. The highest BCUT2D eigenvalue weighted by molar-refractivity contribution is 5.23. The SMILES string of the molecule is C=C1CCCC(C)(C)C12CCCO2. The average Bonchev–Trinajstić information content (AvgIpc) is 2.50. The molecule has 1 unspecified atom stereocenters. The second-order valence-corrected chi connectivity index (χ2v) is 5.12. The van der Waals surface area contributed by atoms with Gasteiger partial charge in [0.05, 0.1) is 5.60 Å². The fourth-order valence-electron chi connectivity index (χ4n) is 3.08. The Balaban J connectivity index is 2.33. The summed E-state index contributed by atoms with van der Waals surface area (Å²) in [5, 5.41) is 0. The molecule has 0 bridgehead atoms. The quantitative estimate of drug-likeness (QED) is 0.520. The zero-order valence-corrected chi connectivity index (χ0v) is 8.86. The molecule has 0 amide bonds. The van der Waals surface area contributed by atoms with Crippen LogP contribution in [-0.2, 0) is 4.74 Å². The van der Waals surface area contributed by atoms with Crippen molar-refractivity contribution < 1.29 is 4.74 Å². The molecular weight excluding hydrogens is 160 g/mol. The Labute approximate surface area is 81.2 Å². The van der Waals surface area contributed by atoms with Gasteiger partial charge in [0.25, 0.3) is 0 Å². The summed E-state index contributed by atoms with van der Waals surface area (Å²) in [5.41, 5.74) is 1.69. The monoisotopic (exact) mass is 180 g/mol. The van der Waals surface area contributed by atoms with E-state index in [1.54, 1.807) is 0 Å². The summed E-state index contributed by atoms with van der Waals surface area (Å²) in [5.74, 6) is 0. The Morgan fingerprint density at radius 2 is 2.00 bits per heavy atom. The Bertz CT molecular complexity index is 221. The number of ether oxygens (including phenoxy) is 1. The lowest BCUT2D eigenvalue weighted by molar-refractivity contribution is -0.0737. The van der Waals surface area contributed by atoms with E-state index in [4.69, 9.17) is 4.74 Å². The fraction of sp³-hybridized carbons (Fsp3) is 0.833. The van der Waals surface area contributed by atoms with E-state index in [9.17, 15) is 0 Å². The summed E-state index contributed by atoms with van der Waals surface area (Å²) < 4.78 is 6.01. The lowest BCUT2D eigenvalue weighted by Gasteiger charge is -2.48. The van der Waals surface area contributed by atoms with Crippen LogP contribution in [0.2, 0.25) is 0 Å². The molecule has 2 aliphatic rings. The van der Waals surface area contributed by atoms with Gasteiger partial charge in [0.15, 0.2) is 0 Å². The van der Waals surface area contributed by atoms with Crippen molar-refractivity contribution >= 4 is 0 Å². The van der Waals surface area contributed by atoms with Gasteiger partial charge in [-0.2, -0.15) is 0 Å². The molecular formula is C12H20O. The number of hydrogen-bond donors (Lipinski definition) is 0. The van der Waals surface area contributed by atoms with Crippen LogP contribution in [0.5, 0.6) is 0 Å². The molecule has 0 N–H and O–H groups in total. The van der Waals surface area contributed by atoms with E-state index in [0.717, 1.165) is 6.61 Å². The highest BCUT2D eigenvalue weighted by atomic mass is 16.5. The summed E-state index contributed by atoms with van der Waals surface area (Å²) in [6, 6.07) is 0. The molecule has 1 spiro atoms. The van der Waals surface area contributed by atoms with Crippen molar-refractivity contribution in [1.29, 1.82) is 0 Å². The topological polar surface area (TPSA) is 9.23 Å². The Morgan fingerprint density at radius 1 is 1.23 bits per heavy atom. The van der Waals surface area contributed by atoms with Gasteiger partial charge < -0.3 is 4.74 Å². The normalized spacial score (nSPS) is 38.5. The summed E-state index contributed by atoms with van der Waals surface area (Å²) in [7, 11) is 0. The summed E-state index contributed by atoms with van der Waals surface area (Å²) in [6.45, 7) is 9.83. The Hall–Kier alpha value is -0.300. The maximum atomic E-state index is 6.01. The third kappa shape index (κ3) is 1.17. The molecule has 1 heteroatoms. The summed E-state index contributed by atoms with van der Waals surface area (Å²) in [4.78, 5) is 0. The van der Waals surface area contributed by atoms with Crippen LogP contribution in [0.4, 0.5) is 0 Å². The third-order valence-electron chi connectivity index (χ3n) is 3.97. The van der Waals surface area contributed by atoms with Crippen LogP contribution in [0.3, 0.4) is 0 Å². The minimum atomic E-state index is 0.0330. The highest BCUT2D eigenvalue weighted by Crippen LogP contribution is 2.53. The first kappa shape index (κ1) is 9.26. The van der Waals surface area contributed by atoms with Crippen LogP contribution in [0.25, 0.3) is 0 Å². The van der Waals surface area contributed by atoms with Gasteiger partial charge in [0, 0.05) is 6.61 Å². The van der Waals surface area contributed by atoms with Crippen molar-refractivity contribution in [3.05, 3.63) is 12.2 Å². The van der Waals surface area contributed by atoms with Crippen molar-refractivity contribution in [3.8, 4) is 0 Å². The van der Waals surface area contributed by atoms with Crippen molar-refractivity contribution in [3.63, 3.8) is 0 Å². The zero-order valence-electron chi connectivity index (χ0n) is 8.86. The van der Waals surface area contributed by atoms with Crippen molar-refractivity contribution in [2.45, 2.75) is 51.6 Å². The maximum Gasteiger partial charge on any atom is 0.0940 e. The molecule has 2 rings (SSSR count). The highest BCUT2D eigenvalue weighted by Gasteiger charge is 2.51. The molecule has 1 nitrogen and oxygen atoms in total. The minimum Gasteiger partial charge on any atom is -0.370 e. The van der Waals surface area contributed by atoms with Gasteiger partial charge in [-0.3, -0.25) is 0 Å². The lowest BCUT2D eigenvalue weighted by Crippen LogP contribution is -2.48. The lowest BCUT2D eigenvalue weighted by atomic mass is 9.62. The van der Waals surface area contributed by atoms with Crippen LogP contribution < -0.4 is 0 Å². The molecule has 1 aliphatic heterocycles. The maximum absolute atomic E-state index is 6.01. The molecule has 74 valence electrons. The minimum absolute atomic E-state index is 0.0330. The van der Waals surface area contributed by atoms with E-state index in [1.807, 2.05) is 0 Å². The molecule has 1 aliphatic carbocycles. The standard InChI is InChI=1S/C12H20O/c1-10-6-4-7-11(2,3)12(10)8-5-9-13-12/h1,4-9H2,2-3H3. The fourth-order valence-corrected chi connectivity index (χ4v) is 3.08. The van der Waals surface area contributed by atoms with Crippen molar-refractivity contribution in [1.82, 2.24) is 0 Å². The molecule has 0 aromatic heterocycles. The number of hydrogen-bond acceptors (Lipinski definition) is 1. The van der Waals surface area contributed by atoms with Crippen LogP contribution in [0, 0.1) is 5.41 Å². The molecule has 0 radical (unpaired) electrons. The van der Waals surface area contributed by atoms with E-state index in [2.05, 4.69) is 20.4 Å². The van der Waals surface area contributed by atoms with Gasteiger partial charge in [-0.1, -0.05) is 20.4 Å². The third-order valence-corrected chi connectivity index (χ3v) is 3.97. The molecule has 2 fully saturated rings. The van der Waals surface area contributed by atoms with Crippen LogP contribution >= 0.6 is 0 Å². The van der Waals surface area contributed by atoms with Gasteiger partial charge >= 0.3 is 0 Å². The van der Waals surface area contributed by atoms with E-state index in [-0.39, 0.29) is 5.60 Å². The van der Waals surface area contributed by atoms with Gasteiger partial charge in [0.2, 0.25) is 0 Å². The smallest absolute Gasteiger partial charge is 0.0940 e. The molecule has 1 saturated heterocycles. The van der Waals surface area contributed by atoms with E-state index in [1.165, 1.54) is 37.7 Å². The molecule has 0 aromatic carbocycles. The predicted molar refractivity (Wildman–Crippen MR) is 54.7 cm³/mol. The second kappa shape index (κ2) is 2.84. The van der Waals surface area contributed by atoms with E-state index in [0.29, 0.717) is 5.41 Å². The van der Waals surface area contributed by atoms with E-state index < -0.39 is 0 Å². The Kier molecular flexibility index (Phi) is 2.03. The van der Waals surface area contributed by atoms with Crippen molar-refractivity contribution in [2.75, 3.05) is 6.61 Å².